The number of piperazine rings is 1. The van der Waals surface area contributed by atoms with Gasteiger partial charge in [0.2, 0.25) is 0 Å². The van der Waals surface area contributed by atoms with Gasteiger partial charge in [-0.05, 0) is 67.5 Å². The fourth-order valence-corrected chi connectivity index (χ4v) is 5.18. The quantitative estimate of drug-likeness (QED) is 0.471. The van der Waals surface area contributed by atoms with Crippen LogP contribution in [0.25, 0.3) is 11.1 Å². The summed E-state index contributed by atoms with van der Waals surface area (Å²) in [6.45, 7) is 4.63. The van der Waals surface area contributed by atoms with Gasteiger partial charge in [0.1, 0.15) is 5.82 Å². The number of anilines is 4. The third-order valence-corrected chi connectivity index (χ3v) is 7.38. The molecule has 1 aliphatic carbocycles. The largest absolute Gasteiger partial charge is 0.372 e. The van der Waals surface area contributed by atoms with Gasteiger partial charge in [-0.2, -0.15) is 0 Å². The molecule has 0 radical (unpaired) electrons. The lowest BCUT2D eigenvalue weighted by molar-refractivity contribution is 0.184. The molecule has 2 aliphatic heterocycles. The Hall–Kier alpha value is -3.65. The van der Waals surface area contributed by atoms with Crippen molar-refractivity contribution in [2.24, 2.45) is 5.92 Å². The van der Waals surface area contributed by atoms with Crippen LogP contribution in [0.3, 0.4) is 0 Å². The molecule has 6 rings (SSSR count). The van der Waals surface area contributed by atoms with Crippen molar-refractivity contribution in [3.05, 3.63) is 61.1 Å². The third-order valence-electron chi connectivity index (χ3n) is 7.38. The lowest BCUT2D eigenvalue weighted by atomic mass is 10.1. The number of pyridine rings is 2. The van der Waals surface area contributed by atoms with Crippen molar-refractivity contribution in [1.29, 1.82) is 0 Å². The van der Waals surface area contributed by atoms with Crippen molar-refractivity contribution in [3.63, 3.8) is 0 Å². The Morgan fingerprint density at radius 1 is 0.917 bits per heavy atom. The summed E-state index contributed by atoms with van der Waals surface area (Å²) in [7, 11) is 0. The summed E-state index contributed by atoms with van der Waals surface area (Å²) < 4.78 is 0. The average Bonchev–Trinajstić information content (AvgIpc) is 3.63. The first kappa shape index (κ1) is 22.8. The highest BCUT2D eigenvalue weighted by molar-refractivity contribution is 5.90. The van der Waals surface area contributed by atoms with Gasteiger partial charge >= 0.3 is 6.03 Å². The molecule has 36 heavy (non-hydrogen) atoms. The van der Waals surface area contributed by atoms with E-state index in [2.05, 4.69) is 61.2 Å². The zero-order valence-electron chi connectivity index (χ0n) is 20.5. The molecule has 8 nitrogen and oxygen atoms in total. The number of amides is 2. The number of benzene rings is 1. The first-order chi connectivity index (χ1) is 17.7. The Kier molecular flexibility index (Phi) is 6.42. The van der Waals surface area contributed by atoms with Gasteiger partial charge in [0.25, 0.3) is 0 Å². The van der Waals surface area contributed by atoms with Crippen LogP contribution in [0.15, 0.2) is 61.1 Å². The van der Waals surface area contributed by atoms with Crippen molar-refractivity contribution >= 4 is 28.9 Å². The molecule has 1 atom stereocenters. The highest BCUT2D eigenvalue weighted by atomic mass is 16.2. The van der Waals surface area contributed by atoms with Gasteiger partial charge in [-0.15, -0.1) is 0 Å². The molecule has 0 spiro atoms. The maximum absolute atomic E-state index is 12.8. The molecule has 3 fully saturated rings. The van der Waals surface area contributed by atoms with E-state index >= 15 is 0 Å². The first-order valence-corrected chi connectivity index (χ1v) is 13.0. The van der Waals surface area contributed by atoms with E-state index < -0.39 is 0 Å². The second-order valence-corrected chi connectivity index (χ2v) is 10.0. The number of hydrogen-bond donors (Lipinski definition) is 3. The number of nitrogens with zero attached hydrogens (tertiary/aromatic N) is 4. The summed E-state index contributed by atoms with van der Waals surface area (Å²) in [6, 6.07) is 15.0. The number of urea groups is 1. The minimum atomic E-state index is -0.0701. The standard InChI is InChI=1S/C28H33N7O/c36-28(35-14-11-30-26(19-35)21-3-4-21)33-24-15-23(17-29-18-24)32-27-10-7-22(16-31-27)20-5-8-25(9-6-20)34-12-1-2-13-34/h5-10,15-18,21,26,30H,1-4,11-14,19H2,(H,31,32)(H,33,36). The third kappa shape index (κ3) is 5.28. The van der Waals surface area contributed by atoms with Crippen LogP contribution in [-0.4, -0.2) is 59.7 Å². The molecule has 1 saturated carbocycles. The fourth-order valence-electron chi connectivity index (χ4n) is 5.18. The topological polar surface area (TPSA) is 85.4 Å². The molecule has 1 aromatic carbocycles. The predicted octanol–water partition coefficient (Wildman–Crippen LogP) is 4.70. The molecule has 2 aromatic heterocycles. The van der Waals surface area contributed by atoms with E-state index in [-0.39, 0.29) is 6.03 Å². The van der Waals surface area contributed by atoms with E-state index in [1.54, 1.807) is 12.4 Å². The molecule has 2 saturated heterocycles. The number of aromatic nitrogens is 2. The molecule has 3 aromatic rings. The molecule has 1 unspecified atom stereocenters. The van der Waals surface area contributed by atoms with Crippen molar-refractivity contribution < 1.29 is 4.79 Å². The Labute approximate surface area is 212 Å². The molecular formula is C28H33N7O. The van der Waals surface area contributed by atoms with Gasteiger partial charge in [0.15, 0.2) is 0 Å². The van der Waals surface area contributed by atoms with Crippen molar-refractivity contribution in [1.82, 2.24) is 20.2 Å². The SMILES string of the molecule is O=C(Nc1cncc(Nc2ccc(-c3ccc(N4CCCC4)cc3)cn2)c1)N1CCNC(C2CC2)C1. The lowest BCUT2D eigenvalue weighted by Crippen LogP contribution is -2.54. The summed E-state index contributed by atoms with van der Waals surface area (Å²) in [6.07, 6.45) is 10.4. The Morgan fingerprint density at radius 2 is 1.69 bits per heavy atom. The summed E-state index contributed by atoms with van der Waals surface area (Å²) in [5, 5.41) is 9.84. The minimum Gasteiger partial charge on any atom is -0.372 e. The maximum atomic E-state index is 12.8. The summed E-state index contributed by atoms with van der Waals surface area (Å²) >= 11 is 0. The molecular weight excluding hydrogens is 450 g/mol. The second kappa shape index (κ2) is 10.1. The normalized spacial score (nSPS) is 19.8. The first-order valence-electron chi connectivity index (χ1n) is 13.0. The number of nitrogens with one attached hydrogen (secondary N) is 3. The highest BCUT2D eigenvalue weighted by Crippen LogP contribution is 2.33. The van der Waals surface area contributed by atoms with Crippen molar-refractivity contribution in [2.45, 2.75) is 31.7 Å². The zero-order chi connectivity index (χ0) is 24.3. The average molecular weight is 484 g/mol. The van der Waals surface area contributed by atoms with Crippen LogP contribution < -0.4 is 20.9 Å². The van der Waals surface area contributed by atoms with Gasteiger partial charge in [-0.25, -0.2) is 9.78 Å². The molecule has 4 heterocycles. The van der Waals surface area contributed by atoms with E-state index in [1.807, 2.05) is 23.2 Å². The molecule has 2 amide bonds. The van der Waals surface area contributed by atoms with Crippen LogP contribution in [0.5, 0.6) is 0 Å². The summed E-state index contributed by atoms with van der Waals surface area (Å²) in [5.74, 6) is 1.45. The van der Waals surface area contributed by atoms with Gasteiger partial charge in [0.05, 0.1) is 23.8 Å². The highest BCUT2D eigenvalue weighted by Gasteiger charge is 2.35. The lowest BCUT2D eigenvalue weighted by Gasteiger charge is -2.33. The Bertz CT molecular complexity index is 1190. The summed E-state index contributed by atoms with van der Waals surface area (Å²) in [4.78, 5) is 26.0. The monoisotopic (exact) mass is 483 g/mol. The van der Waals surface area contributed by atoms with E-state index in [0.717, 1.165) is 61.3 Å². The van der Waals surface area contributed by atoms with Gasteiger partial charge in [-0.1, -0.05) is 12.1 Å². The number of carbonyl (C=O) groups is 1. The molecule has 3 N–H and O–H groups in total. The second-order valence-electron chi connectivity index (χ2n) is 10.0. The van der Waals surface area contributed by atoms with E-state index in [4.69, 9.17) is 0 Å². The Balaban J connectivity index is 1.06. The number of carbonyl (C=O) groups excluding carboxylic acids is 1. The summed E-state index contributed by atoms with van der Waals surface area (Å²) in [5.41, 5.74) is 4.97. The smallest absolute Gasteiger partial charge is 0.321 e. The van der Waals surface area contributed by atoms with E-state index in [0.29, 0.717) is 11.7 Å². The number of hydrogen-bond acceptors (Lipinski definition) is 6. The van der Waals surface area contributed by atoms with Crippen LogP contribution in [-0.2, 0) is 0 Å². The molecule has 3 aliphatic rings. The number of rotatable bonds is 6. The maximum Gasteiger partial charge on any atom is 0.321 e. The van der Waals surface area contributed by atoms with Crippen LogP contribution >= 0.6 is 0 Å². The van der Waals surface area contributed by atoms with E-state index in [1.165, 1.54) is 31.4 Å². The van der Waals surface area contributed by atoms with Crippen LogP contribution in [0.1, 0.15) is 25.7 Å². The molecule has 186 valence electrons. The molecule has 0 bridgehead atoms. The minimum absolute atomic E-state index is 0.0701. The van der Waals surface area contributed by atoms with Gasteiger partial charge in [0, 0.05) is 56.2 Å². The van der Waals surface area contributed by atoms with Crippen molar-refractivity contribution in [2.75, 3.05) is 48.3 Å². The van der Waals surface area contributed by atoms with Gasteiger partial charge in [-0.3, -0.25) is 4.98 Å². The fraction of sp³-hybridized carbons (Fsp3) is 0.393. The predicted molar refractivity (Wildman–Crippen MR) is 144 cm³/mol. The van der Waals surface area contributed by atoms with Crippen LogP contribution in [0.2, 0.25) is 0 Å². The van der Waals surface area contributed by atoms with Crippen LogP contribution in [0.4, 0.5) is 27.7 Å². The molecule has 8 heteroatoms. The van der Waals surface area contributed by atoms with Gasteiger partial charge < -0.3 is 25.8 Å². The van der Waals surface area contributed by atoms with Crippen LogP contribution in [0, 0.1) is 5.92 Å². The van der Waals surface area contributed by atoms with Crippen molar-refractivity contribution in [3.8, 4) is 11.1 Å². The van der Waals surface area contributed by atoms with E-state index in [9.17, 15) is 4.79 Å². The Morgan fingerprint density at radius 3 is 2.44 bits per heavy atom. The zero-order valence-corrected chi connectivity index (χ0v) is 20.5.